The number of carboxylic acid groups (broad SMARTS) is 1. The number of hydrogen-bond donors (Lipinski definition) is 2. The van der Waals surface area contributed by atoms with Crippen molar-refractivity contribution in [2.75, 3.05) is 18.4 Å². The van der Waals surface area contributed by atoms with Gasteiger partial charge in [0.25, 0.3) is 0 Å². The normalized spacial score (nSPS) is 17.6. The molecule has 1 aliphatic heterocycles. The molecule has 1 saturated heterocycles. The second kappa shape index (κ2) is 7.92. The lowest BCUT2D eigenvalue weighted by atomic mass is 10.0. The van der Waals surface area contributed by atoms with Crippen molar-refractivity contribution in [2.45, 2.75) is 25.4 Å². The van der Waals surface area contributed by atoms with E-state index in [-0.39, 0.29) is 23.1 Å². The predicted octanol–water partition coefficient (Wildman–Crippen LogP) is 2.76. The molecule has 2 heterocycles. The molecular weight excluding hydrogens is 336 g/mol. The number of carboxylic acids is 1. The molecule has 2 N–H and O–H groups in total. The van der Waals surface area contributed by atoms with Crippen LogP contribution in [0.4, 0.5) is 11.5 Å². The van der Waals surface area contributed by atoms with E-state index in [9.17, 15) is 14.9 Å². The molecule has 2 aromatic rings. The maximum atomic E-state index is 11.3. The van der Waals surface area contributed by atoms with Gasteiger partial charge in [-0.25, -0.2) is 9.78 Å². The average molecular weight is 356 g/mol. The van der Waals surface area contributed by atoms with Crippen molar-refractivity contribution in [3.05, 3.63) is 63.8 Å². The van der Waals surface area contributed by atoms with E-state index in [0.717, 1.165) is 44.7 Å². The topological polar surface area (TPSA) is 109 Å². The molecule has 0 aliphatic carbocycles. The summed E-state index contributed by atoms with van der Waals surface area (Å²) in [5, 5.41) is 23.4. The van der Waals surface area contributed by atoms with Gasteiger partial charge in [0.1, 0.15) is 0 Å². The number of anilines is 1. The number of benzene rings is 1. The van der Waals surface area contributed by atoms with Crippen molar-refractivity contribution < 1.29 is 14.8 Å². The van der Waals surface area contributed by atoms with E-state index in [0.29, 0.717) is 0 Å². The molecule has 1 atom stereocenters. The lowest BCUT2D eigenvalue weighted by Gasteiger charge is -2.33. The van der Waals surface area contributed by atoms with Gasteiger partial charge in [-0.2, -0.15) is 0 Å². The largest absolute Gasteiger partial charge is 0.478 e. The molecular formula is C18H20N4O4. The van der Waals surface area contributed by atoms with Crippen LogP contribution in [-0.2, 0) is 6.54 Å². The molecule has 1 unspecified atom stereocenters. The average Bonchev–Trinajstić information content (AvgIpc) is 2.63. The van der Waals surface area contributed by atoms with E-state index in [4.69, 9.17) is 5.11 Å². The Labute approximate surface area is 150 Å². The Kier molecular flexibility index (Phi) is 5.43. The Bertz CT molecular complexity index is 797. The van der Waals surface area contributed by atoms with Crippen molar-refractivity contribution in [2.24, 2.45) is 0 Å². The Hall–Kier alpha value is -3.00. The lowest BCUT2D eigenvalue weighted by molar-refractivity contribution is -0.384. The summed E-state index contributed by atoms with van der Waals surface area (Å²) in [5.41, 5.74) is 0.713. The van der Waals surface area contributed by atoms with Crippen molar-refractivity contribution in [3.8, 4) is 0 Å². The SMILES string of the molecule is O=C(O)c1cnc(NC2CCCN(Cc3ccccc3)C2)c([N+](=O)[O-])c1. The third kappa shape index (κ3) is 4.34. The summed E-state index contributed by atoms with van der Waals surface area (Å²) in [4.78, 5) is 27.9. The summed E-state index contributed by atoms with van der Waals surface area (Å²) in [6.07, 6.45) is 3.00. The fraction of sp³-hybridized carbons (Fsp3) is 0.333. The molecule has 1 fully saturated rings. The van der Waals surface area contributed by atoms with Crippen LogP contribution < -0.4 is 5.32 Å². The van der Waals surface area contributed by atoms with Crippen LogP contribution in [-0.4, -0.2) is 45.0 Å². The summed E-state index contributed by atoms with van der Waals surface area (Å²) in [5.74, 6) is -1.12. The summed E-state index contributed by atoms with van der Waals surface area (Å²) < 4.78 is 0. The van der Waals surface area contributed by atoms with Crippen LogP contribution in [0.15, 0.2) is 42.6 Å². The van der Waals surface area contributed by atoms with E-state index in [2.05, 4.69) is 27.3 Å². The molecule has 0 bridgehead atoms. The van der Waals surface area contributed by atoms with Crippen LogP contribution in [0.1, 0.15) is 28.8 Å². The number of nitrogens with one attached hydrogen (secondary N) is 1. The van der Waals surface area contributed by atoms with Gasteiger partial charge in [0.05, 0.1) is 10.5 Å². The highest BCUT2D eigenvalue weighted by molar-refractivity contribution is 5.88. The highest BCUT2D eigenvalue weighted by atomic mass is 16.6. The Morgan fingerprint density at radius 1 is 1.38 bits per heavy atom. The van der Waals surface area contributed by atoms with Crippen LogP contribution in [0.25, 0.3) is 0 Å². The molecule has 0 amide bonds. The number of likely N-dealkylation sites (tertiary alicyclic amines) is 1. The number of aromatic carboxylic acids is 1. The van der Waals surface area contributed by atoms with Crippen molar-refractivity contribution in [1.82, 2.24) is 9.88 Å². The van der Waals surface area contributed by atoms with E-state index in [1.807, 2.05) is 18.2 Å². The number of nitrogens with zero attached hydrogens (tertiary/aromatic N) is 3. The highest BCUT2D eigenvalue weighted by Gasteiger charge is 2.25. The molecule has 3 rings (SSSR count). The molecule has 8 heteroatoms. The molecule has 1 aromatic heterocycles. The molecule has 0 radical (unpaired) electrons. The first-order valence-electron chi connectivity index (χ1n) is 8.43. The Balaban J connectivity index is 1.70. The maximum Gasteiger partial charge on any atom is 0.337 e. The number of hydrogen-bond acceptors (Lipinski definition) is 6. The molecule has 136 valence electrons. The van der Waals surface area contributed by atoms with Crippen LogP contribution in [0.5, 0.6) is 0 Å². The standard InChI is InChI=1S/C18H20N4O4/c23-18(24)14-9-16(22(25)26)17(19-10-14)20-15-7-4-8-21(12-15)11-13-5-2-1-3-6-13/h1-3,5-6,9-10,15H,4,7-8,11-12H2,(H,19,20)(H,23,24). The molecule has 0 saturated carbocycles. The fourth-order valence-electron chi connectivity index (χ4n) is 3.17. The molecule has 0 spiro atoms. The monoisotopic (exact) mass is 356 g/mol. The van der Waals surface area contributed by atoms with Gasteiger partial charge in [0.2, 0.25) is 5.82 Å². The summed E-state index contributed by atoms with van der Waals surface area (Å²) in [6.45, 7) is 2.54. The maximum absolute atomic E-state index is 11.3. The first-order valence-corrected chi connectivity index (χ1v) is 8.43. The fourth-order valence-corrected chi connectivity index (χ4v) is 3.17. The second-order valence-corrected chi connectivity index (χ2v) is 6.36. The molecule has 1 aromatic carbocycles. The quantitative estimate of drug-likeness (QED) is 0.605. The van der Waals surface area contributed by atoms with E-state index in [1.54, 1.807) is 0 Å². The predicted molar refractivity (Wildman–Crippen MR) is 96.2 cm³/mol. The van der Waals surface area contributed by atoms with Crippen molar-refractivity contribution in [3.63, 3.8) is 0 Å². The Morgan fingerprint density at radius 2 is 2.15 bits per heavy atom. The summed E-state index contributed by atoms with van der Waals surface area (Å²) >= 11 is 0. The van der Waals surface area contributed by atoms with E-state index < -0.39 is 10.9 Å². The zero-order valence-corrected chi connectivity index (χ0v) is 14.2. The van der Waals surface area contributed by atoms with Crippen LogP contribution in [0.3, 0.4) is 0 Å². The molecule has 26 heavy (non-hydrogen) atoms. The van der Waals surface area contributed by atoms with Crippen molar-refractivity contribution in [1.29, 1.82) is 0 Å². The van der Waals surface area contributed by atoms with Gasteiger partial charge in [0.15, 0.2) is 0 Å². The number of carbonyl (C=O) groups is 1. The highest BCUT2D eigenvalue weighted by Crippen LogP contribution is 2.25. The third-order valence-electron chi connectivity index (χ3n) is 4.41. The molecule has 8 nitrogen and oxygen atoms in total. The minimum Gasteiger partial charge on any atom is -0.478 e. The van der Waals surface area contributed by atoms with Crippen LogP contribution in [0.2, 0.25) is 0 Å². The van der Waals surface area contributed by atoms with Gasteiger partial charge >= 0.3 is 11.7 Å². The number of pyridine rings is 1. The third-order valence-corrected chi connectivity index (χ3v) is 4.41. The van der Waals surface area contributed by atoms with Gasteiger partial charge in [-0.1, -0.05) is 30.3 Å². The minimum atomic E-state index is -1.24. The van der Waals surface area contributed by atoms with Crippen molar-refractivity contribution >= 4 is 17.5 Å². The lowest BCUT2D eigenvalue weighted by Crippen LogP contribution is -2.41. The number of aromatic nitrogens is 1. The zero-order chi connectivity index (χ0) is 18.5. The van der Waals surface area contributed by atoms with Gasteiger partial charge in [-0.3, -0.25) is 15.0 Å². The zero-order valence-electron chi connectivity index (χ0n) is 14.2. The van der Waals surface area contributed by atoms with Crippen LogP contribution in [0, 0.1) is 10.1 Å². The van der Waals surface area contributed by atoms with Gasteiger partial charge in [0, 0.05) is 31.4 Å². The number of rotatable bonds is 6. The van der Waals surface area contributed by atoms with E-state index >= 15 is 0 Å². The first-order chi connectivity index (χ1) is 12.5. The number of nitro groups is 1. The Morgan fingerprint density at radius 3 is 2.85 bits per heavy atom. The van der Waals surface area contributed by atoms with Gasteiger partial charge in [-0.15, -0.1) is 0 Å². The number of piperidine rings is 1. The second-order valence-electron chi connectivity index (χ2n) is 6.36. The smallest absolute Gasteiger partial charge is 0.337 e. The first kappa shape index (κ1) is 17.8. The molecule has 1 aliphatic rings. The van der Waals surface area contributed by atoms with E-state index in [1.165, 1.54) is 5.56 Å². The van der Waals surface area contributed by atoms with Gasteiger partial charge < -0.3 is 10.4 Å². The van der Waals surface area contributed by atoms with Crippen LogP contribution >= 0.6 is 0 Å². The van der Waals surface area contributed by atoms with Gasteiger partial charge in [-0.05, 0) is 24.9 Å². The minimum absolute atomic E-state index is 0.0225. The summed E-state index contributed by atoms with van der Waals surface area (Å²) in [6, 6.07) is 11.2. The summed E-state index contributed by atoms with van der Waals surface area (Å²) in [7, 11) is 0.